The first-order valence-electron chi connectivity index (χ1n) is 5.87. The van der Waals surface area contributed by atoms with Crippen molar-refractivity contribution in [2.24, 2.45) is 0 Å². The van der Waals surface area contributed by atoms with E-state index in [1.165, 1.54) is 22.3 Å². The number of aryl methyl sites for hydroxylation is 3. The van der Waals surface area contributed by atoms with Crippen LogP contribution < -0.4 is 0 Å². The second-order valence-corrected chi connectivity index (χ2v) is 4.92. The summed E-state index contributed by atoms with van der Waals surface area (Å²) in [4.78, 5) is 13.1. The molecule has 0 aliphatic heterocycles. The first-order chi connectivity index (χ1) is 7.95. The van der Waals surface area contributed by atoms with Gasteiger partial charge in [0.1, 0.15) is 0 Å². The fourth-order valence-electron chi connectivity index (χ4n) is 2.13. The lowest BCUT2D eigenvalue weighted by atomic mass is 9.97. The molecule has 0 atom stereocenters. The van der Waals surface area contributed by atoms with Crippen LogP contribution in [0.15, 0.2) is 12.1 Å². The highest BCUT2D eigenvalue weighted by molar-refractivity contribution is 7.81. The first kappa shape index (κ1) is 14.1. The molecule has 0 unspecified atom stereocenters. The zero-order valence-electron chi connectivity index (χ0n) is 11.1. The van der Waals surface area contributed by atoms with Crippen molar-refractivity contribution < 1.29 is 4.79 Å². The van der Waals surface area contributed by atoms with Crippen molar-refractivity contribution in [1.29, 1.82) is 0 Å². The van der Waals surface area contributed by atoms with E-state index < -0.39 is 0 Å². The fraction of sp³-hybridized carbons (Fsp3) is 0.500. The van der Waals surface area contributed by atoms with Gasteiger partial charge >= 0.3 is 0 Å². The summed E-state index contributed by atoms with van der Waals surface area (Å²) in [6.07, 6.45) is 0.911. The molecule has 0 spiro atoms. The molecule has 1 amide bonds. The van der Waals surface area contributed by atoms with Crippen molar-refractivity contribution in [2.75, 3.05) is 19.3 Å². The molecular formula is C14H21NOS. The summed E-state index contributed by atoms with van der Waals surface area (Å²) in [5.74, 6) is 0.360. The van der Waals surface area contributed by atoms with Gasteiger partial charge in [0.2, 0.25) is 5.91 Å². The van der Waals surface area contributed by atoms with Crippen LogP contribution in [0.1, 0.15) is 22.3 Å². The third-order valence-electron chi connectivity index (χ3n) is 3.10. The number of nitrogens with zero attached hydrogens (tertiary/aromatic N) is 1. The van der Waals surface area contributed by atoms with Crippen LogP contribution in [0.25, 0.3) is 0 Å². The third-order valence-corrected chi connectivity index (χ3v) is 3.37. The van der Waals surface area contributed by atoms with Crippen LogP contribution in [0.5, 0.6) is 0 Å². The van der Waals surface area contributed by atoms with Crippen LogP contribution in [-0.2, 0) is 11.2 Å². The second-order valence-electron chi connectivity index (χ2n) is 4.60. The van der Waals surface area contributed by atoms with E-state index in [0.29, 0.717) is 0 Å². The van der Waals surface area contributed by atoms with Gasteiger partial charge in [0.05, 0.1) is 5.75 Å². The number of carbonyl (C=O) groups is 1. The number of hydrogen-bond acceptors (Lipinski definition) is 2. The Kier molecular flexibility index (Phi) is 5.06. The van der Waals surface area contributed by atoms with Gasteiger partial charge in [-0.3, -0.25) is 4.79 Å². The van der Waals surface area contributed by atoms with E-state index in [9.17, 15) is 4.79 Å². The number of likely N-dealkylation sites (N-methyl/N-ethyl adjacent to an activating group) is 1. The Hall–Kier alpha value is -0.960. The Morgan fingerprint density at radius 1 is 1.24 bits per heavy atom. The summed E-state index contributed by atoms with van der Waals surface area (Å²) in [5, 5.41) is 0. The fourth-order valence-corrected chi connectivity index (χ4v) is 2.37. The van der Waals surface area contributed by atoms with Gasteiger partial charge < -0.3 is 4.90 Å². The van der Waals surface area contributed by atoms with E-state index in [4.69, 9.17) is 0 Å². The molecule has 1 aromatic rings. The van der Waals surface area contributed by atoms with Crippen LogP contribution in [0.2, 0.25) is 0 Å². The third kappa shape index (κ3) is 3.77. The quantitative estimate of drug-likeness (QED) is 0.815. The molecule has 94 valence electrons. The van der Waals surface area contributed by atoms with Gasteiger partial charge in [0.25, 0.3) is 0 Å². The maximum Gasteiger partial charge on any atom is 0.232 e. The van der Waals surface area contributed by atoms with Crippen LogP contribution in [-0.4, -0.2) is 30.2 Å². The maximum atomic E-state index is 11.4. The van der Waals surface area contributed by atoms with Gasteiger partial charge in [0.15, 0.2) is 0 Å². The summed E-state index contributed by atoms with van der Waals surface area (Å²) >= 11 is 4.00. The Morgan fingerprint density at radius 2 is 1.76 bits per heavy atom. The molecule has 0 saturated heterocycles. The lowest BCUT2D eigenvalue weighted by molar-refractivity contribution is -0.127. The molecule has 0 N–H and O–H groups in total. The molecule has 0 radical (unpaired) electrons. The Morgan fingerprint density at radius 3 is 2.24 bits per heavy atom. The van der Waals surface area contributed by atoms with Gasteiger partial charge in [-0.05, 0) is 43.9 Å². The highest BCUT2D eigenvalue weighted by Crippen LogP contribution is 2.17. The van der Waals surface area contributed by atoms with E-state index in [1.54, 1.807) is 4.90 Å². The number of hydrogen-bond donors (Lipinski definition) is 1. The summed E-state index contributed by atoms with van der Waals surface area (Å²) in [6.45, 7) is 7.13. The van der Waals surface area contributed by atoms with Crippen molar-refractivity contribution in [2.45, 2.75) is 27.2 Å². The Balaban J connectivity index is 2.73. The SMILES string of the molecule is Cc1cc(C)c(CCN(C)C(=O)CS)c(C)c1. The minimum atomic E-state index is 0.0794. The van der Waals surface area contributed by atoms with Gasteiger partial charge in [-0.15, -0.1) is 0 Å². The number of carbonyl (C=O) groups excluding carboxylic acids is 1. The minimum absolute atomic E-state index is 0.0794. The molecule has 1 aromatic carbocycles. The average molecular weight is 251 g/mol. The zero-order valence-corrected chi connectivity index (χ0v) is 12.0. The Labute approximate surface area is 109 Å². The summed E-state index contributed by atoms with van der Waals surface area (Å²) in [7, 11) is 1.83. The van der Waals surface area contributed by atoms with Gasteiger partial charge in [-0.25, -0.2) is 0 Å². The molecule has 0 heterocycles. The van der Waals surface area contributed by atoms with Crippen LogP contribution in [0.3, 0.4) is 0 Å². The molecule has 0 saturated carbocycles. The van der Waals surface area contributed by atoms with E-state index in [-0.39, 0.29) is 11.7 Å². The number of rotatable bonds is 4. The average Bonchev–Trinajstić information content (AvgIpc) is 2.26. The lowest BCUT2D eigenvalue weighted by Gasteiger charge is -2.18. The normalized spacial score (nSPS) is 10.4. The molecule has 2 nitrogen and oxygen atoms in total. The minimum Gasteiger partial charge on any atom is -0.345 e. The van der Waals surface area contributed by atoms with Gasteiger partial charge in [-0.2, -0.15) is 12.6 Å². The smallest absolute Gasteiger partial charge is 0.232 e. The molecule has 17 heavy (non-hydrogen) atoms. The predicted octanol–water partition coefficient (Wildman–Crippen LogP) is 2.54. The number of amides is 1. The molecule has 0 aromatic heterocycles. The van der Waals surface area contributed by atoms with Crippen molar-refractivity contribution >= 4 is 18.5 Å². The largest absolute Gasteiger partial charge is 0.345 e. The number of thiol groups is 1. The first-order valence-corrected chi connectivity index (χ1v) is 6.50. The molecule has 1 rings (SSSR count). The monoisotopic (exact) mass is 251 g/mol. The van der Waals surface area contributed by atoms with E-state index >= 15 is 0 Å². The summed E-state index contributed by atoms with van der Waals surface area (Å²) in [5.41, 5.74) is 5.28. The molecule has 3 heteroatoms. The molecular weight excluding hydrogens is 230 g/mol. The molecule has 0 aliphatic rings. The Bertz CT molecular complexity index is 392. The maximum absolute atomic E-state index is 11.4. The summed E-state index contributed by atoms with van der Waals surface area (Å²) < 4.78 is 0. The standard InChI is InChI=1S/C14H21NOS/c1-10-7-11(2)13(12(3)8-10)5-6-15(4)14(16)9-17/h7-8,17H,5-6,9H2,1-4H3. The van der Waals surface area contributed by atoms with E-state index in [0.717, 1.165) is 13.0 Å². The zero-order chi connectivity index (χ0) is 13.0. The van der Waals surface area contributed by atoms with Crippen LogP contribution in [0, 0.1) is 20.8 Å². The summed E-state index contributed by atoms with van der Waals surface area (Å²) in [6, 6.07) is 4.39. The van der Waals surface area contributed by atoms with Crippen molar-refractivity contribution in [1.82, 2.24) is 4.90 Å². The van der Waals surface area contributed by atoms with Gasteiger partial charge in [0, 0.05) is 13.6 Å². The van der Waals surface area contributed by atoms with E-state index in [1.807, 2.05) is 7.05 Å². The van der Waals surface area contributed by atoms with Crippen molar-refractivity contribution in [3.05, 3.63) is 34.4 Å². The highest BCUT2D eigenvalue weighted by Gasteiger charge is 2.09. The van der Waals surface area contributed by atoms with Crippen molar-refractivity contribution in [3.8, 4) is 0 Å². The van der Waals surface area contributed by atoms with Gasteiger partial charge in [-0.1, -0.05) is 17.7 Å². The highest BCUT2D eigenvalue weighted by atomic mass is 32.1. The van der Waals surface area contributed by atoms with E-state index in [2.05, 4.69) is 45.5 Å². The molecule has 0 fully saturated rings. The second kappa shape index (κ2) is 6.10. The molecule has 0 bridgehead atoms. The van der Waals surface area contributed by atoms with Crippen LogP contribution in [0.4, 0.5) is 0 Å². The van der Waals surface area contributed by atoms with Crippen LogP contribution >= 0.6 is 12.6 Å². The topological polar surface area (TPSA) is 20.3 Å². The molecule has 0 aliphatic carbocycles. The lowest BCUT2D eigenvalue weighted by Crippen LogP contribution is -2.30. The predicted molar refractivity (Wildman–Crippen MR) is 75.8 cm³/mol. The van der Waals surface area contributed by atoms with Crippen molar-refractivity contribution in [3.63, 3.8) is 0 Å². The number of benzene rings is 1.